The maximum absolute atomic E-state index is 12.8. The van der Waals surface area contributed by atoms with E-state index in [0.29, 0.717) is 28.6 Å². The van der Waals surface area contributed by atoms with Crippen LogP contribution in [-0.4, -0.2) is 33.0 Å². The molecule has 0 saturated heterocycles. The monoisotopic (exact) mass is 435 g/mol. The van der Waals surface area contributed by atoms with Crippen LogP contribution in [0.4, 0.5) is 5.69 Å². The smallest absolute Gasteiger partial charge is 0.273 e. The van der Waals surface area contributed by atoms with Crippen LogP contribution >= 0.6 is 11.6 Å². The van der Waals surface area contributed by atoms with Crippen LogP contribution < -0.4 is 10.1 Å². The Hall–Kier alpha value is -3.58. The van der Waals surface area contributed by atoms with E-state index in [9.17, 15) is 4.79 Å². The summed E-state index contributed by atoms with van der Waals surface area (Å²) in [4.78, 5) is 12.8. The van der Waals surface area contributed by atoms with Crippen molar-refractivity contribution in [2.45, 2.75) is 20.4 Å². The summed E-state index contributed by atoms with van der Waals surface area (Å²) >= 11 is 6.08. The fourth-order valence-corrected chi connectivity index (χ4v) is 3.60. The lowest BCUT2D eigenvalue weighted by Crippen LogP contribution is -2.14. The lowest BCUT2D eigenvalue weighted by atomic mass is 10.1. The fourth-order valence-electron chi connectivity index (χ4n) is 3.39. The minimum atomic E-state index is -0.282. The fraction of sp³-hybridized carbons (Fsp3) is 0.174. The second kappa shape index (κ2) is 8.65. The summed E-state index contributed by atoms with van der Waals surface area (Å²) in [5.74, 6) is 0.444. The molecule has 0 spiro atoms. The van der Waals surface area contributed by atoms with Crippen LogP contribution in [-0.2, 0) is 6.54 Å². The normalized spacial score (nSPS) is 10.8. The number of hydrogen-bond acceptors (Lipinski definition) is 4. The molecule has 0 fully saturated rings. The van der Waals surface area contributed by atoms with E-state index in [4.69, 9.17) is 16.3 Å². The van der Waals surface area contributed by atoms with Crippen molar-refractivity contribution in [3.05, 3.63) is 82.3 Å². The molecule has 8 heteroatoms. The van der Waals surface area contributed by atoms with Gasteiger partial charge >= 0.3 is 0 Å². The number of hydrogen-bond donors (Lipinski definition) is 2. The van der Waals surface area contributed by atoms with E-state index in [1.54, 1.807) is 13.2 Å². The highest BCUT2D eigenvalue weighted by Crippen LogP contribution is 2.24. The summed E-state index contributed by atoms with van der Waals surface area (Å²) < 4.78 is 7.11. The highest BCUT2D eigenvalue weighted by molar-refractivity contribution is 6.30. The van der Waals surface area contributed by atoms with Crippen LogP contribution in [0.5, 0.6) is 5.75 Å². The summed E-state index contributed by atoms with van der Waals surface area (Å²) in [6, 6.07) is 16.9. The Labute approximate surface area is 185 Å². The predicted octanol–water partition coefficient (Wildman–Crippen LogP) is 4.85. The lowest BCUT2D eigenvalue weighted by molar-refractivity contribution is 0.102. The third-order valence-electron chi connectivity index (χ3n) is 5.03. The van der Waals surface area contributed by atoms with E-state index in [1.807, 2.05) is 67.1 Å². The van der Waals surface area contributed by atoms with Gasteiger partial charge in [0.15, 0.2) is 0 Å². The van der Waals surface area contributed by atoms with Gasteiger partial charge in [-0.3, -0.25) is 14.6 Å². The number of carbonyl (C=O) groups excluding carboxylic acids is 1. The van der Waals surface area contributed by atoms with E-state index in [1.165, 1.54) is 0 Å². The maximum Gasteiger partial charge on any atom is 0.273 e. The molecule has 0 aliphatic heterocycles. The standard InChI is InChI=1S/C23H22ClN5O2/c1-14-22(15(2)29(28-14)13-16-6-4-8-18(24)10-16)25-23(30)21-12-20(26-27-21)17-7-5-9-19(11-17)31-3/h4-12H,13H2,1-3H3,(H,25,30)(H,26,27). The molecule has 1 amide bonds. The number of amides is 1. The van der Waals surface area contributed by atoms with Gasteiger partial charge in [-0.05, 0) is 49.7 Å². The predicted molar refractivity (Wildman–Crippen MR) is 121 cm³/mol. The molecule has 4 rings (SSSR count). The number of methoxy groups -OCH3 is 1. The van der Waals surface area contributed by atoms with E-state index in [0.717, 1.165) is 28.3 Å². The molecule has 0 radical (unpaired) electrons. The Morgan fingerprint density at radius 3 is 2.74 bits per heavy atom. The number of aromatic nitrogens is 4. The quantitative estimate of drug-likeness (QED) is 0.453. The first-order valence-corrected chi connectivity index (χ1v) is 10.1. The third-order valence-corrected chi connectivity index (χ3v) is 5.26. The van der Waals surface area contributed by atoms with Crippen LogP contribution in [0, 0.1) is 13.8 Å². The van der Waals surface area contributed by atoms with Gasteiger partial charge in [-0.1, -0.05) is 35.9 Å². The molecule has 0 aliphatic rings. The van der Waals surface area contributed by atoms with Crippen molar-refractivity contribution >= 4 is 23.2 Å². The number of aromatic amines is 1. The van der Waals surface area contributed by atoms with Gasteiger partial charge in [0, 0.05) is 10.6 Å². The molecule has 0 aliphatic carbocycles. The van der Waals surface area contributed by atoms with Gasteiger partial charge in [0.1, 0.15) is 11.4 Å². The number of carbonyl (C=O) groups is 1. The van der Waals surface area contributed by atoms with E-state index >= 15 is 0 Å². The summed E-state index contributed by atoms with van der Waals surface area (Å²) in [7, 11) is 1.61. The second-order valence-electron chi connectivity index (χ2n) is 7.19. The Bertz CT molecular complexity index is 1240. The molecule has 0 atom stereocenters. The number of halogens is 1. The number of nitrogens with one attached hydrogen (secondary N) is 2. The van der Waals surface area contributed by atoms with E-state index in [2.05, 4.69) is 20.6 Å². The number of rotatable bonds is 6. The minimum absolute atomic E-state index is 0.282. The summed E-state index contributed by atoms with van der Waals surface area (Å²) in [5.41, 5.74) is 5.19. The molecule has 0 unspecified atom stereocenters. The molecule has 2 aromatic heterocycles. The average Bonchev–Trinajstić information content (AvgIpc) is 3.35. The Kier molecular flexibility index (Phi) is 5.77. The largest absolute Gasteiger partial charge is 0.497 e. The molecule has 158 valence electrons. The molecule has 2 aromatic carbocycles. The van der Waals surface area contributed by atoms with Gasteiger partial charge in [0.05, 0.1) is 36.4 Å². The third kappa shape index (κ3) is 4.46. The molecule has 0 bridgehead atoms. The van der Waals surface area contributed by atoms with Crippen LogP contribution in [0.3, 0.4) is 0 Å². The molecule has 7 nitrogen and oxygen atoms in total. The van der Waals surface area contributed by atoms with Crippen molar-refractivity contribution in [1.82, 2.24) is 20.0 Å². The first-order valence-electron chi connectivity index (χ1n) is 9.74. The van der Waals surface area contributed by atoms with Crippen LogP contribution in [0.1, 0.15) is 27.4 Å². The van der Waals surface area contributed by atoms with Gasteiger partial charge in [0.25, 0.3) is 5.91 Å². The first-order chi connectivity index (χ1) is 14.9. The molecule has 4 aromatic rings. The van der Waals surface area contributed by atoms with Gasteiger partial charge in [0.2, 0.25) is 0 Å². The SMILES string of the molecule is COc1cccc(-c2cc(C(=O)Nc3c(C)nn(Cc4cccc(Cl)c4)c3C)[nH]n2)c1. The van der Waals surface area contributed by atoms with E-state index in [-0.39, 0.29) is 5.91 Å². The zero-order chi connectivity index (χ0) is 22.0. The molecular formula is C23H22ClN5O2. The highest BCUT2D eigenvalue weighted by atomic mass is 35.5. The van der Waals surface area contributed by atoms with Crippen LogP contribution in [0.2, 0.25) is 5.02 Å². The average molecular weight is 436 g/mol. The number of nitrogens with zero attached hydrogens (tertiary/aromatic N) is 3. The Balaban J connectivity index is 1.52. The van der Waals surface area contributed by atoms with Gasteiger partial charge in [-0.25, -0.2) is 0 Å². The molecule has 2 heterocycles. The van der Waals surface area contributed by atoms with Crippen LogP contribution in [0.15, 0.2) is 54.6 Å². The number of benzene rings is 2. The summed E-state index contributed by atoms with van der Waals surface area (Å²) in [5, 5.41) is 15.3. The molecule has 2 N–H and O–H groups in total. The topological polar surface area (TPSA) is 84.8 Å². The number of H-pyrrole nitrogens is 1. The molecular weight excluding hydrogens is 414 g/mol. The number of aryl methyl sites for hydroxylation is 1. The lowest BCUT2D eigenvalue weighted by Gasteiger charge is -2.07. The van der Waals surface area contributed by atoms with Crippen LogP contribution in [0.25, 0.3) is 11.3 Å². The summed E-state index contributed by atoms with van der Waals surface area (Å²) in [6.07, 6.45) is 0. The zero-order valence-corrected chi connectivity index (χ0v) is 18.2. The zero-order valence-electron chi connectivity index (χ0n) is 17.4. The van der Waals surface area contributed by atoms with Crippen molar-refractivity contribution in [1.29, 1.82) is 0 Å². The molecule has 31 heavy (non-hydrogen) atoms. The Morgan fingerprint density at radius 1 is 1.16 bits per heavy atom. The van der Waals surface area contributed by atoms with Gasteiger partial charge in [-0.15, -0.1) is 0 Å². The van der Waals surface area contributed by atoms with Gasteiger partial charge in [-0.2, -0.15) is 10.2 Å². The van der Waals surface area contributed by atoms with Gasteiger partial charge < -0.3 is 10.1 Å². The van der Waals surface area contributed by atoms with Crippen molar-refractivity contribution in [2.75, 3.05) is 12.4 Å². The second-order valence-corrected chi connectivity index (χ2v) is 7.62. The minimum Gasteiger partial charge on any atom is -0.497 e. The van der Waals surface area contributed by atoms with E-state index < -0.39 is 0 Å². The van der Waals surface area contributed by atoms with Crippen molar-refractivity contribution in [3.8, 4) is 17.0 Å². The number of ether oxygens (including phenoxy) is 1. The highest BCUT2D eigenvalue weighted by Gasteiger charge is 2.17. The maximum atomic E-state index is 12.8. The summed E-state index contributed by atoms with van der Waals surface area (Å²) in [6.45, 7) is 4.35. The first kappa shape index (κ1) is 20.7. The molecule has 0 saturated carbocycles. The van der Waals surface area contributed by atoms with Crippen molar-refractivity contribution in [3.63, 3.8) is 0 Å². The Morgan fingerprint density at radius 2 is 1.97 bits per heavy atom. The van der Waals surface area contributed by atoms with Crippen molar-refractivity contribution in [2.24, 2.45) is 0 Å². The number of anilines is 1. The van der Waals surface area contributed by atoms with Crippen molar-refractivity contribution < 1.29 is 9.53 Å².